The number of benzene rings is 1. The SMILES string of the molecule is CC(C)CC(NC(=O)c1ccc(N2CCCC2)cc1)C(=O)N1CCC2C1C(=O)CN2C(=O)C1=CCOC1=O. The second-order valence-electron chi connectivity index (χ2n) is 10.8. The van der Waals surface area contributed by atoms with Crippen molar-refractivity contribution >= 4 is 35.2 Å². The summed E-state index contributed by atoms with van der Waals surface area (Å²) in [5.74, 6) is -2.01. The van der Waals surface area contributed by atoms with Crippen LogP contribution in [-0.2, 0) is 23.9 Å². The van der Waals surface area contributed by atoms with E-state index >= 15 is 0 Å². The third kappa shape index (κ3) is 4.91. The lowest BCUT2D eigenvalue weighted by atomic mass is 10.0. The van der Waals surface area contributed by atoms with E-state index < -0.39 is 30.0 Å². The summed E-state index contributed by atoms with van der Waals surface area (Å²) in [7, 11) is 0. The quantitative estimate of drug-likeness (QED) is 0.424. The molecular weight excluding hydrogens is 488 g/mol. The molecule has 0 bridgehead atoms. The number of ether oxygens (including phenoxy) is 1. The van der Waals surface area contributed by atoms with Crippen molar-refractivity contribution in [3.8, 4) is 0 Å². The number of anilines is 1. The standard InChI is InChI=1S/C28H34N4O6/c1-17(2)15-21(29-25(34)18-5-7-19(8-6-18)30-11-3-4-12-30)27(36)31-13-9-22-24(31)23(33)16-32(22)26(35)20-10-14-38-28(20)37/h5-8,10,17,21-22,24H,3-4,9,11-16H2,1-2H3,(H,29,34). The van der Waals surface area contributed by atoms with E-state index in [1.807, 2.05) is 26.0 Å². The van der Waals surface area contributed by atoms with Gasteiger partial charge in [0.2, 0.25) is 5.91 Å². The van der Waals surface area contributed by atoms with Gasteiger partial charge < -0.3 is 24.8 Å². The number of hydrogen-bond acceptors (Lipinski definition) is 7. The predicted molar refractivity (Wildman–Crippen MR) is 138 cm³/mol. The van der Waals surface area contributed by atoms with Crippen molar-refractivity contribution < 1.29 is 28.7 Å². The molecule has 4 heterocycles. The average Bonchev–Trinajstić information content (AvgIpc) is 3.69. The van der Waals surface area contributed by atoms with Crippen LogP contribution in [0.5, 0.6) is 0 Å². The number of rotatable bonds is 7. The monoisotopic (exact) mass is 522 g/mol. The summed E-state index contributed by atoms with van der Waals surface area (Å²) in [6, 6.07) is 5.34. The Morgan fingerprint density at radius 1 is 1.03 bits per heavy atom. The van der Waals surface area contributed by atoms with E-state index in [0.717, 1.165) is 18.8 Å². The molecule has 5 rings (SSSR count). The van der Waals surface area contributed by atoms with E-state index in [9.17, 15) is 24.0 Å². The first-order valence-electron chi connectivity index (χ1n) is 13.4. The second kappa shape index (κ2) is 10.6. The molecule has 10 heteroatoms. The number of hydrogen-bond donors (Lipinski definition) is 1. The molecule has 10 nitrogen and oxygen atoms in total. The van der Waals surface area contributed by atoms with Crippen LogP contribution in [0.1, 0.15) is 49.9 Å². The highest BCUT2D eigenvalue weighted by Gasteiger charge is 2.53. The topological polar surface area (TPSA) is 116 Å². The van der Waals surface area contributed by atoms with Crippen molar-refractivity contribution in [1.29, 1.82) is 0 Å². The normalized spacial score (nSPS) is 23.6. The number of fused-ring (bicyclic) bond motifs is 1. The summed E-state index contributed by atoms with van der Waals surface area (Å²) in [4.78, 5) is 69.9. The Hall–Kier alpha value is -3.69. The minimum atomic E-state index is -0.801. The fourth-order valence-corrected chi connectivity index (χ4v) is 5.96. The number of carbonyl (C=O) groups excluding carboxylic acids is 5. The van der Waals surface area contributed by atoms with E-state index in [2.05, 4.69) is 10.2 Å². The molecule has 1 aromatic rings. The molecule has 0 saturated carbocycles. The highest BCUT2D eigenvalue weighted by Crippen LogP contribution is 2.32. The van der Waals surface area contributed by atoms with Crippen LogP contribution in [0.15, 0.2) is 35.9 Å². The zero-order valence-electron chi connectivity index (χ0n) is 21.9. The number of Topliss-reactive ketones (excluding diaryl/α,β-unsaturated/α-hetero) is 1. The highest BCUT2D eigenvalue weighted by atomic mass is 16.5. The molecule has 4 aliphatic rings. The minimum absolute atomic E-state index is 0.0396. The van der Waals surface area contributed by atoms with E-state index in [-0.39, 0.29) is 42.2 Å². The van der Waals surface area contributed by atoms with Crippen LogP contribution in [0, 0.1) is 5.92 Å². The molecular formula is C28H34N4O6. The van der Waals surface area contributed by atoms with Gasteiger partial charge in [0.15, 0.2) is 5.78 Å². The molecule has 3 fully saturated rings. The number of esters is 1. The molecule has 0 aliphatic carbocycles. The lowest BCUT2D eigenvalue weighted by molar-refractivity contribution is -0.140. The number of likely N-dealkylation sites (tertiary alicyclic amines) is 2. The van der Waals surface area contributed by atoms with Crippen LogP contribution in [0.4, 0.5) is 5.69 Å². The molecule has 38 heavy (non-hydrogen) atoms. The first kappa shape index (κ1) is 25.9. The predicted octanol–water partition coefficient (Wildman–Crippen LogP) is 1.30. The van der Waals surface area contributed by atoms with Crippen LogP contribution in [0.2, 0.25) is 0 Å². The smallest absolute Gasteiger partial charge is 0.343 e. The van der Waals surface area contributed by atoms with Gasteiger partial charge in [0.1, 0.15) is 24.3 Å². The summed E-state index contributed by atoms with van der Waals surface area (Å²) in [5, 5.41) is 2.90. The van der Waals surface area contributed by atoms with Crippen LogP contribution < -0.4 is 10.2 Å². The van der Waals surface area contributed by atoms with Gasteiger partial charge in [-0.15, -0.1) is 0 Å². The van der Waals surface area contributed by atoms with Crippen LogP contribution in [0.3, 0.4) is 0 Å². The third-order valence-electron chi connectivity index (χ3n) is 7.83. The van der Waals surface area contributed by atoms with Crippen molar-refractivity contribution in [3.05, 3.63) is 41.5 Å². The number of cyclic esters (lactones) is 1. The highest BCUT2D eigenvalue weighted by molar-refractivity contribution is 6.18. The van der Waals surface area contributed by atoms with Gasteiger partial charge in [-0.05, 0) is 61.9 Å². The van der Waals surface area contributed by atoms with Gasteiger partial charge in [-0.3, -0.25) is 19.2 Å². The first-order chi connectivity index (χ1) is 18.2. The van der Waals surface area contributed by atoms with Gasteiger partial charge in [-0.1, -0.05) is 13.8 Å². The zero-order valence-corrected chi connectivity index (χ0v) is 21.9. The Bertz CT molecular complexity index is 1170. The van der Waals surface area contributed by atoms with E-state index in [1.54, 1.807) is 12.1 Å². The Balaban J connectivity index is 1.28. The lowest BCUT2D eigenvalue weighted by Gasteiger charge is -2.29. The second-order valence-corrected chi connectivity index (χ2v) is 10.8. The molecule has 1 aromatic carbocycles. The average molecular weight is 523 g/mol. The summed E-state index contributed by atoms with van der Waals surface area (Å²) >= 11 is 0. The van der Waals surface area contributed by atoms with E-state index in [0.29, 0.717) is 24.9 Å². The molecule has 3 amide bonds. The van der Waals surface area contributed by atoms with Crippen LogP contribution in [-0.4, -0.2) is 90.2 Å². The first-order valence-corrected chi connectivity index (χ1v) is 13.4. The fraction of sp³-hybridized carbons (Fsp3) is 0.536. The molecule has 0 radical (unpaired) electrons. The fourth-order valence-electron chi connectivity index (χ4n) is 5.96. The Morgan fingerprint density at radius 2 is 1.74 bits per heavy atom. The van der Waals surface area contributed by atoms with Crippen molar-refractivity contribution in [3.63, 3.8) is 0 Å². The Kier molecular flexibility index (Phi) is 7.23. The molecule has 4 aliphatic heterocycles. The van der Waals surface area contributed by atoms with Gasteiger partial charge in [0.25, 0.3) is 11.8 Å². The number of amides is 3. The maximum atomic E-state index is 13.7. The number of carbonyl (C=O) groups is 5. The third-order valence-corrected chi connectivity index (χ3v) is 7.83. The molecule has 3 atom stereocenters. The number of nitrogens with one attached hydrogen (secondary N) is 1. The molecule has 202 valence electrons. The molecule has 1 N–H and O–H groups in total. The Labute approximate surface area is 221 Å². The summed E-state index contributed by atoms with van der Waals surface area (Å²) in [6.45, 7) is 6.14. The number of ketones is 1. The van der Waals surface area contributed by atoms with Gasteiger partial charge in [-0.25, -0.2) is 4.79 Å². The van der Waals surface area contributed by atoms with Crippen LogP contribution >= 0.6 is 0 Å². The summed E-state index contributed by atoms with van der Waals surface area (Å²) in [6.07, 6.45) is 4.60. The van der Waals surface area contributed by atoms with E-state index in [4.69, 9.17) is 4.74 Å². The van der Waals surface area contributed by atoms with Gasteiger partial charge in [0.05, 0.1) is 12.6 Å². The molecule has 3 unspecified atom stereocenters. The minimum Gasteiger partial charge on any atom is -0.458 e. The van der Waals surface area contributed by atoms with Crippen LogP contribution in [0.25, 0.3) is 0 Å². The maximum absolute atomic E-state index is 13.7. The molecule has 0 aromatic heterocycles. The van der Waals surface area contributed by atoms with Gasteiger partial charge >= 0.3 is 5.97 Å². The van der Waals surface area contributed by atoms with Gasteiger partial charge in [-0.2, -0.15) is 0 Å². The Morgan fingerprint density at radius 3 is 2.37 bits per heavy atom. The lowest BCUT2D eigenvalue weighted by Crippen LogP contribution is -2.53. The number of nitrogens with zero attached hydrogens (tertiary/aromatic N) is 3. The zero-order chi connectivity index (χ0) is 27.0. The van der Waals surface area contributed by atoms with Crippen molar-refractivity contribution in [2.45, 2.75) is 57.7 Å². The molecule has 0 spiro atoms. The largest absolute Gasteiger partial charge is 0.458 e. The summed E-state index contributed by atoms with van der Waals surface area (Å²) in [5.41, 5.74) is 1.49. The van der Waals surface area contributed by atoms with Crippen molar-refractivity contribution in [2.75, 3.05) is 37.7 Å². The van der Waals surface area contributed by atoms with Crippen molar-refractivity contribution in [1.82, 2.24) is 15.1 Å². The maximum Gasteiger partial charge on any atom is 0.343 e. The van der Waals surface area contributed by atoms with Crippen molar-refractivity contribution in [2.24, 2.45) is 5.92 Å². The van der Waals surface area contributed by atoms with E-state index in [1.165, 1.54) is 28.7 Å². The molecule has 3 saturated heterocycles. The van der Waals surface area contributed by atoms with Gasteiger partial charge in [0, 0.05) is 30.9 Å². The summed E-state index contributed by atoms with van der Waals surface area (Å²) < 4.78 is 4.85.